The number of hydrogen-bond donors (Lipinski definition) is 0. The minimum absolute atomic E-state index is 0.696. The van der Waals surface area contributed by atoms with Gasteiger partial charge in [-0.15, -0.1) is 0 Å². The Morgan fingerprint density at radius 3 is 1.86 bits per heavy atom. The van der Waals surface area contributed by atoms with Gasteiger partial charge in [-0.2, -0.15) is 0 Å². The summed E-state index contributed by atoms with van der Waals surface area (Å²) in [4.78, 5) is 10.7. The molecule has 3 aromatic rings. The molecule has 0 aromatic heterocycles. The maximum Gasteiger partial charge on any atom is 0.150 e. The maximum absolute atomic E-state index is 10.7. The molecule has 0 saturated carbocycles. The molecule has 0 saturated heterocycles. The molecular weight excluding hydrogens is 324 g/mol. The summed E-state index contributed by atoms with van der Waals surface area (Å²) in [6.07, 6.45) is 0.863. The van der Waals surface area contributed by atoms with Gasteiger partial charge in [0.2, 0.25) is 0 Å². The van der Waals surface area contributed by atoms with Gasteiger partial charge in [0, 0.05) is 10.0 Å². The Morgan fingerprint density at radius 2 is 1.24 bits per heavy atom. The van der Waals surface area contributed by atoms with E-state index >= 15 is 0 Å². The zero-order chi connectivity index (χ0) is 14.7. The summed E-state index contributed by atoms with van der Waals surface area (Å²) in [5, 5.41) is 0. The van der Waals surface area contributed by atoms with E-state index in [-0.39, 0.29) is 0 Å². The molecule has 0 N–H and O–H groups in total. The van der Waals surface area contributed by atoms with Gasteiger partial charge in [-0.25, -0.2) is 0 Å². The van der Waals surface area contributed by atoms with Crippen LogP contribution in [0.2, 0.25) is 0 Å². The SMILES string of the molecule is O=Cc1ccc(-c2cccc(-c3cccc(Br)c3)c2)cc1. The fourth-order valence-corrected chi connectivity index (χ4v) is 2.70. The average molecular weight is 337 g/mol. The van der Waals surface area contributed by atoms with Crippen LogP contribution < -0.4 is 0 Å². The van der Waals surface area contributed by atoms with Crippen LogP contribution in [0.3, 0.4) is 0 Å². The number of hydrogen-bond acceptors (Lipinski definition) is 1. The van der Waals surface area contributed by atoms with E-state index in [2.05, 4.69) is 52.3 Å². The van der Waals surface area contributed by atoms with Crippen LogP contribution in [0.4, 0.5) is 0 Å². The molecule has 2 heteroatoms. The molecule has 0 aliphatic rings. The van der Waals surface area contributed by atoms with E-state index in [1.54, 1.807) is 0 Å². The molecule has 3 aromatic carbocycles. The second-order valence-corrected chi connectivity index (χ2v) is 5.75. The van der Waals surface area contributed by atoms with Gasteiger partial charge in [-0.3, -0.25) is 4.79 Å². The van der Waals surface area contributed by atoms with Gasteiger partial charge in [0.25, 0.3) is 0 Å². The van der Waals surface area contributed by atoms with E-state index in [9.17, 15) is 4.79 Å². The zero-order valence-electron chi connectivity index (χ0n) is 11.3. The van der Waals surface area contributed by atoms with Crippen molar-refractivity contribution < 1.29 is 4.79 Å². The van der Waals surface area contributed by atoms with Gasteiger partial charge >= 0.3 is 0 Å². The molecule has 0 spiro atoms. The lowest BCUT2D eigenvalue weighted by atomic mass is 9.98. The third-order valence-electron chi connectivity index (χ3n) is 3.40. The molecule has 0 amide bonds. The Bertz CT molecular complexity index is 776. The van der Waals surface area contributed by atoms with Crippen molar-refractivity contribution in [3.05, 3.63) is 82.8 Å². The molecular formula is C19H13BrO. The van der Waals surface area contributed by atoms with E-state index in [0.717, 1.165) is 21.9 Å². The highest BCUT2D eigenvalue weighted by molar-refractivity contribution is 9.10. The van der Waals surface area contributed by atoms with E-state index in [1.165, 1.54) is 11.1 Å². The second kappa shape index (κ2) is 6.06. The van der Waals surface area contributed by atoms with Crippen LogP contribution in [-0.4, -0.2) is 6.29 Å². The first-order chi connectivity index (χ1) is 10.3. The van der Waals surface area contributed by atoms with Gasteiger partial charge in [-0.05, 0) is 40.5 Å². The van der Waals surface area contributed by atoms with Crippen LogP contribution in [-0.2, 0) is 0 Å². The van der Waals surface area contributed by atoms with E-state index in [4.69, 9.17) is 0 Å². The molecule has 0 unspecified atom stereocenters. The molecule has 0 radical (unpaired) electrons. The maximum atomic E-state index is 10.7. The van der Waals surface area contributed by atoms with Crippen molar-refractivity contribution in [2.45, 2.75) is 0 Å². The minimum Gasteiger partial charge on any atom is -0.298 e. The lowest BCUT2D eigenvalue weighted by Gasteiger charge is -2.07. The van der Waals surface area contributed by atoms with Crippen molar-refractivity contribution in [1.82, 2.24) is 0 Å². The number of carbonyl (C=O) groups excluding carboxylic acids is 1. The van der Waals surface area contributed by atoms with E-state index in [1.807, 2.05) is 36.4 Å². The average Bonchev–Trinajstić information content (AvgIpc) is 2.55. The highest BCUT2D eigenvalue weighted by Crippen LogP contribution is 2.28. The van der Waals surface area contributed by atoms with Crippen LogP contribution in [0, 0.1) is 0 Å². The third-order valence-corrected chi connectivity index (χ3v) is 3.89. The quantitative estimate of drug-likeness (QED) is 0.569. The monoisotopic (exact) mass is 336 g/mol. The lowest BCUT2D eigenvalue weighted by Crippen LogP contribution is -1.83. The number of halogens is 1. The standard InChI is InChI=1S/C19H13BrO/c20-19-6-2-5-18(12-19)17-4-1-3-16(11-17)15-9-7-14(13-21)8-10-15/h1-13H. The van der Waals surface area contributed by atoms with E-state index in [0.29, 0.717) is 5.56 Å². The molecule has 1 nitrogen and oxygen atoms in total. The summed E-state index contributed by atoms with van der Waals surface area (Å²) in [7, 11) is 0. The number of carbonyl (C=O) groups is 1. The molecule has 21 heavy (non-hydrogen) atoms. The van der Waals surface area contributed by atoms with Gasteiger partial charge in [0.15, 0.2) is 0 Å². The van der Waals surface area contributed by atoms with Crippen molar-refractivity contribution in [2.24, 2.45) is 0 Å². The minimum atomic E-state index is 0.696. The molecule has 0 bridgehead atoms. The van der Waals surface area contributed by atoms with Crippen LogP contribution in [0.25, 0.3) is 22.3 Å². The van der Waals surface area contributed by atoms with Crippen LogP contribution >= 0.6 is 15.9 Å². The Hall–Kier alpha value is -2.19. The van der Waals surface area contributed by atoms with Crippen molar-refractivity contribution in [1.29, 1.82) is 0 Å². The third kappa shape index (κ3) is 3.11. The summed E-state index contributed by atoms with van der Waals surface area (Å²) in [5.74, 6) is 0. The van der Waals surface area contributed by atoms with Crippen molar-refractivity contribution >= 4 is 22.2 Å². The first kappa shape index (κ1) is 13.8. The first-order valence-electron chi connectivity index (χ1n) is 6.68. The Kier molecular flexibility index (Phi) is 3.98. The highest BCUT2D eigenvalue weighted by Gasteiger charge is 2.02. The van der Waals surface area contributed by atoms with Crippen molar-refractivity contribution in [2.75, 3.05) is 0 Å². The van der Waals surface area contributed by atoms with E-state index < -0.39 is 0 Å². The fraction of sp³-hybridized carbons (Fsp3) is 0. The number of rotatable bonds is 3. The fourth-order valence-electron chi connectivity index (χ4n) is 2.30. The Labute approximate surface area is 132 Å². The van der Waals surface area contributed by atoms with Crippen LogP contribution in [0.15, 0.2) is 77.3 Å². The smallest absolute Gasteiger partial charge is 0.150 e. The highest BCUT2D eigenvalue weighted by atomic mass is 79.9. The second-order valence-electron chi connectivity index (χ2n) is 4.83. The Morgan fingerprint density at radius 1 is 0.667 bits per heavy atom. The zero-order valence-corrected chi connectivity index (χ0v) is 12.9. The molecule has 0 fully saturated rings. The van der Waals surface area contributed by atoms with Crippen LogP contribution in [0.5, 0.6) is 0 Å². The molecule has 0 aliphatic carbocycles. The van der Waals surface area contributed by atoms with Crippen molar-refractivity contribution in [3.63, 3.8) is 0 Å². The summed E-state index contributed by atoms with van der Waals surface area (Å²) in [6.45, 7) is 0. The number of benzene rings is 3. The van der Waals surface area contributed by atoms with Gasteiger partial charge in [0.1, 0.15) is 6.29 Å². The summed E-state index contributed by atoms with van der Waals surface area (Å²) in [6, 6.07) is 24.3. The lowest BCUT2D eigenvalue weighted by molar-refractivity contribution is 0.112. The topological polar surface area (TPSA) is 17.1 Å². The molecule has 0 heterocycles. The van der Waals surface area contributed by atoms with Gasteiger partial charge < -0.3 is 0 Å². The number of aldehydes is 1. The molecule has 3 rings (SSSR count). The van der Waals surface area contributed by atoms with Crippen LogP contribution in [0.1, 0.15) is 10.4 Å². The predicted molar refractivity (Wildman–Crippen MR) is 90.4 cm³/mol. The summed E-state index contributed by atoms with van der Waals surface area (Å²) >= 11 is 3.51. The molecule has 102 valence electrons. The van der Waals surface area contributed by atoms with Crippen molar-refractivity contribution in [3.8, 4) is 22.3 Å². The Balaban J connectivity index is 2.01. The molecule has 0 aliphatic heterocycles. The summed E-state index contributed by atoms with van der Waals surface area (Å²) in [5.41, 5.74) is 5.30. The molecule has 0 atom stereocenters. The normalized spacial score (nSPS) is 10.3. The van der Waals surface area contributed by atoms with Gasteiger partial charge in [-0.1, -0.05) is 70.5 Å². The largest absolute Gasteiger partial charge is 0.298 e. The first-order valence-corrected chi connectivity index (χ1v) is 7.47. The van der Waals surface area contributed by atoms with Gasteiger partial charge in [0.05, 0.1) is 0 Å². The summed E-state index contributed by atoms with van der Waals surface area (Å²) < 4.78 is 1.07. The predicted octanol–water partition coefficient (Wildman–Crippen LogP) is 5.60.